The average molecular weight is 365 g/mol. The lowest BCUT2D eigenvalue weighted by atomic mass is 10.1. The second kappa shape index (κ2) is 9.76. The van der Waals surface area contributed by atoms with Gasteiger partial charge in [-0.2, -0.15) is 0 Å². The van der Waals surface area contributed by atoms with Crippen LogP contribution in [0.2, 0.25) is 0 Å². The van der Waals surface area contributed by atoms with E-state index in [4.69, 9.17) is 15.2 Å². The van der Waals surface area contributed by atoms with E-state index in [0.717, 1.165) is 11.3 Å². The maximum atomic E-state index is 12.0. The Morgan fingerprint density at radius 3 is 2.46 bits per heavy atom. The zero-order valence-electron chi connectivity index (χ0n) is 15.7. The van der Waals surface area contributed by atoms with E-state index in [0.29, 0.717) is 13.0 Å². The van der Waals surface area contributed by atoms with Crippen LogP contribution in [0.1, 0.15) is 26.3 Å². The molecule has 0 bridgehead atoms. The number of nitrogens with one attached hydrogen (secondary N) is 1. The van der Waals surface area contributed by atoms with Crippen molar-refractivity contribution in [3.05, 3.63) is 29.8 Å². The number of nitrogens with two attached hydrogens (primary N) is 1. The molecule has 26 heavy (non-hydrogen) atoms. The molecule has 0 aliphatic carbocycles. The van der Waals surface area contributed by atoms with Crippen LogP contribution in [0.15, 0.2) is 24.3 Å². The van der Waals surface area contributed by atoms with E-state index in [-0.39, 0.29) is 13.1 Å². The molecule has 1 aromatic carbocycles. The van der Waals surface area contributed by atoms with Crippen molar-refractivity contribution >= 4 is 17.9 Å². The van der Waals surface area contributed by atoms with Gasteiger partial charge in [0.2, 0.25) is 11.8 Å². The second-order valence-corrected chi connectivity index (χ2v) is 6.83. The molecule has 1 aromatic rings. The summed E-state index contributed by atoms with van der Waals surface area (Å²) in [6, 6.07) is 7.50. The van der Waals surface area contributed by atoms with Gasteiger partial charge >= 0.3 is 6.09 Å². The summed E-state index contributed by atoms with van der Waals surface area (Å²) in [5.74, 6) is -0.390. The van der Waals surface area contributed by atoms with Crippen molar-refractivity contribution in [2.75, 3.05) is 26.7 Å². The highest BCUT2D eigenvalue weighted by molar-refractivity contribution is 5.93. The largest absolute Gasteiger partial charge is 0.497 e. The van der Waals surface area contributed by atoms with E-state index >= 15 is 0 Å². The van der Waals surface area contributed by atoms with Gasteiger partial charge in [-0.15, -0.1) is 0 Å². The van der Waals surface area contributed by atoms with Crippen LogP contribution < -0.4 is 15.8 Å². The quantitative estimate of drug-likeness (QED) is 0.713. The molecule has 3 N–H and O–H groups in total. The predicted octanol–water partition coefficient (Wildman–Crippen LogP) is 1.08. The highest BCUT2D eigenvalue weighted by atomic mass is 16.6. The summed E-state index contributed by atoms with van der Waals surface area (Å²) in [5.41, 5.74) is 5.53. The molecule has 0 aromatic heterocycles. The normalized spacial score (nSPS) is 11.1. The molecule has 0 aliphatic rings. The molecule has 8 nitrogen and oxygen atoms in total. The molecule has 144 valence electrons. The van der Waals surface area contributed by atoms with Gasteiger partial charge in [-0.05, 0) is 44.9 Å². The number of nitrogens with zero attached hydrogens (tertiary/aromatic N) is 1. The van der Waals surface area contributed by atoms with Crippen molar-refractivity contribution < 1.29 is 23.9 Å². The molecular weight excluding hydrogens is 338 g/mol. The van der Waals surface area contributed by atoms with Crippen molar-refractivity contribution in [3.8, 4) is 5.75 Å². The Morgan fingerprint density at radius 2 is 1.88 bits per heavy atom. The smallest absolute Gasteiger partial charge is 0.414 e. The lowest BCUT2D eigenvalue weighted by molar-refractivity contribution is -0.123. The number of methoxy groups -OCH3 is 1. The van der Waals surface area contributed by atoms with Crippen LogP contribution in [0.25, 0.3) is 0 Å². The third-order valence-corrected chi connectivity index (χ3v) is 3.24. The summed E-state index contributed by atoms with van der Waals surface area (Å²) in [7, 11) is 1.58. The number of carbonyl (C=O) groups is 3. The molecule has 0 saturated carbocycles. The van der Waals surface area contributed by atoms with Crippen LogP contribution in [0.3, 0.4) is 0 Å². The van der Waals surface area contributed by atoms with Gasteiger partial charge in [0.25, 0.3) is 0 Å². The fourth-order valence-electron chi connectivity index (χ4n) is 2.21. The SMILES string of the molecule is COc1cccc(CCN(CC(N)=O)CC(=O)NC(=O)OC(C)(C)C)c1. The van der Waals surface area contributed by atoms with E-state index in [1.165, 1.54) is 0 Å². The fraction of sp³-hybridized carbons (Fsp3) is 0.500. The molecule has 0 aliphatic heterocycles. The number of hydrogen-bond acceptors (Lipinski definition) is 6. The third-order valence-electron chi connectivity index (χ3n) is 3.24. The van der Waals surface area contributed by atoms with E-state index < -0.39 is 23.5 Å². The van der Waals surface area contributed by atoms with Crippen molar-refractivity contribution in [1.82, 2.24) is 10.2 Å². The Bertz CT molecular complexity index is 640. The van der Waals surface area contributed by atoms with Crippen LogP contribution in [0.5, 0.6) is 5.75 Å². The minimum absolute atomic E-state index is 0.0916. The number of hydrogen-bond donors (Lipinski definition) is 2. The van der Waals surface area contributed by atoms with Gasteiger partial charge in [-0.1, -0.05) is 12.1 Å². The topological polar surface area (TPSA) is 111 Å². The first kappa shape index (κ1) is 21.4. The molecular formula is C18H27N3O5. The first-order valence-electron chi connectivity index (χ1n) is 8.25. The van der Waals surface area contributed by atoms with Crippen LogP contribution in [0, 0.1) is 0 Å². The van der Waals surface area contributed by atoms with Gasteiger partial charge in [-0.25, -0.2) is 4.79 Å². The third kappa shape index (κ3) is 9.03. The molecule has 8 heteroatoms. The Hall–Kier alpha value is -2.61. The second-order valence-electron chi connectivity index (χ2n) is 6.83. The van der Waals surface area contributed by atoms with E-state index in [1.807, 2.05) is 24.3 Å². The lowest BCUT2D eigenvalue weighted by Gasteiger charge is -2.22. The molecule has 3 amide bonds. The first-order chi connectivity index (χ1) is 12.1. The molecule has 0 radical (unpaired) electrons. The Balaban J connectivity index is 2.61. The molecule has 0 unspecified atom stereocenters. The lowest BCUT2D eigenvalue weighted by Crippen LogP contribution is -2.45. The average Bonchev–Trinajstić information content (AvgIpc) is 2.50. The van der Waals surface area contributed by atoms with Crippen molar-refractivity contribution in [3.63, 3.8) is 0 Å². The number of primary amides is 1. The molecule has 0 spiro atoms. The number of benzene rings is 1. The zero-order valence-corrected chi connectivity index (χ0v) is 15.7. The summed E-state index contributed by atoms with van der Waals surface area (Å²) in [4.78, 5) is 36.5. The number of ether oxygens (including phenoxy) is 2. The van der Waals surface area contributed by atoms with Crippen molar-refractivity contribution in [2.45, 2.75) is 32.8 Å². The van der Waals surface area contributed by atoms with E-state index in [1.54, 1.807) is 32.8 Å². The monoisotopic (exact) mass is 365 g/mol. The van der Waals surface area contributed by atoms with Gasteiger partial charge in [-0.3, -0.25) is 19.8 Å². The number of imide groups is 1. The molecule has 0 heterocycles. The van der Waals surface area contributed by atoms with Crippen LogP contribution in [0.4, 0.5) is 4.79 Å². The minimum Gasteiger partial charge on any atom is -0.497 e. The maximum absolute atomic E-state index is 12.0. The maximum Gasteiger partial charge on any atom is 0.414 e. The highest BCUT2D eigenvalue weighted by Gasteiger charge is 2.20. The summed E-state index contributed by atoms with van der Waals surface area (Å²) >= 11 is 0. The Kier molecular flexibility index (Phi) is 8.05. The van der Waals surface area contributed by atoms with Gasteiger partial charge in [0.15, 0.2) is 0 Å². The van der Waals surface area contributed by atoms with Crippen molar-refractivity contribution in [1.29, 1.82) is 0 Å². The summed E-state index contributed by atoms with van der Waals surface area (Å²) in [5, 5.41) is 2.14. The number of carbonyl (C=O) groups excluding carboxylic acids is 3. The van der Waals surface area contributed by atoms with Crippen LogP contribution in [-0.4, -0.2) is 55.2 Å². The standard InChI is InChI=1S/C18H27N3O5/c1-18(2,3)26-17(24)20-16(23)12-21(11-15(19)22)9-8-13-6-5-7-14(10-13)25-4/h5-7,10H,8-9,11-12H2,1-4H3,(H2,19,22)(H,20,23,24). The van der Waals surface area contributed by atoms with Gasteiger partial charge in [0.05, 0.1) is 20.2 Å². The van der Waals surface area contributed by atoms with Gasteiger partial charge in [0.1, 0.15) is 11.4 Å². The van der Waals surface area contributed by atoms with Gasteiger partial charge in [0, 0.05) is 6.54 Å². The molecule has 1 rings (SSSR count). The van der Waals surface area contributed by atoms with E-state index in [9.17, 15) is 14.4 Å². The summed E-state index contributed by atoms with van der Waals surface area (Å²) < 4.78 is 10.2. The van der Waals surface area contributed by atoms with E-state index in [2.05, 4.69) is 5.32 Å². The number of rotatable bonds is 8. The molecule has 0 fully saturated rings. The van der Waals surface area contributed by atoms with Crippen LogP contribution in [-0.2, 0) is 20.7 Å². The summed E-state index contributed by atoms with van der Waals surface area (Å²) in [6.45, 7) is 5.27. The minimum atomic E-state index is -0.825. The van der Waals surface area contributed by atoms with Crippen molar-refractivity contribution in [2.24, 2.45) is 5.73 Å². The fourth-order valence-corrected chi connectivity index (χ4v) is 2.21. The highest BCUT2D eigenvalue weighted by Crippen LogP contribution is 2.13. The first-order valence-corrected chi connectivity index (χ1v) is 8.25. The van der Waals surface area contributed by atoms with Gasteiger partial charge < -0.3 is 15.2 Å². The molecule has 0 saturated heterocycles. The zero-order chi connectivity index (χ0) is 19.7. The molecule has 0 atom stereocenters. The number of amides is 3. The van der Waals surface area contributed by atoms with Crippen LogP contribution >= 0.6 is 0 Å². The Labute approximate surface area is 153 Å². The Morgan fingerprint density at radius 1 is 1.19 bits per heavy atom. The predicted molar refractivity (Wildman–Crippen MR) is 96.7 cm³/mol. The number of alkyl carbamates (subject to hydrolysis) is 1. The summed E-state index contributed by atoms with van der Waals surface area (Å²) in [6.07, 6.45) is -0.237.